The lowest BCUT2D eigenvalue weighted by atomic mass is 9.86. The first-order chi connectivity index (χ1) is 9.86. The predicted octanol–water partition coefficient (Wildman–Crippen LogP) is 2.20. The van der Waals surface area contributed by atoms with Gasteiger partial charge in [-0.05, 0) is 49.2 Å². The zero-order valence-electron chi connectivity index (χ0n) is 12.0. The summed E-state index contributed by atoms with van der Waals surface area (Å²) in [5.41, 5.74) is 0.613. The van der Waals surface area contributed by atoms with Crippen LogP contribution in [0.2, 0.25) is 0 Å². The first-order valence-corrected chi connectivity index (χ1v) is 9.02. The minimum Gasteiger partial charge on any atom is -0.359 e. The third kappa shape index (κ3) is 4.66. The molecule has 0 amide bonds. The van der Waals surface area contributed by atoms with E-state index in [2.05, 4.69) is 17.6 Å². The lowest BCUT2D eigenvalue weighted by Gasteiger charge is -2.30. The molecule has 2 rings (SSSR count). The van der Waals surface area contributed by atoms with Gasteiger partial charge in [-0.1, -0.05) is 25.8 Å². The maximum absolute atomic E-state index is 11.3. The zero-order chi connectivity index (χ0) is 15.5. The third-order valence-corrected chi connectivity index (χ3v) is 4.98. The summed E-state index contributed by atoms with van der Waals surface area (Å²) < 4.78 is 22.7. The molecule has 0 aliphatic heterocycles. The van der Waals surface area contributed by atoms with E-state index in [4.69, 9.17) is 17.4 Å². The van der Waals surface area contributed by atoms with Gasteiger partial charge in [0, 0.05) is 11.7 Å². The summed E-state index contributed by atoms with van der Waals surface area (Å²) in [5, 5.41) is 12.0. The maximum atomic E-state index is 11.3. The van der Waals surface area contributed by atoms with Crippen molar-refractivity contribution < 1.29 is 8.42 Å². The van der Waals surface area contributed by atoms with Gasteiger partial charge in [0.25, 0.3) is 0 Å². The van der Waals surface area contributed by atoms with Crippen molar-refractivity contribution in [3.05, 3.63) is 24.3 Å². The van der Waals surface area contributed by atoms with Crippen molar-refractivity contribution in [2.45, 2.75) is 43.5 Å². The van der Waals surface area contributed by atoms with E-state index in [1.165, 1.54) is 31.4 Å². The van der Waals surface area contributed by atoms with Crippen molar-refractivity contribution in [2.75, 3.05) is 5.32 Å². The minimum absolute atomic E-state index is 0.0707. The van der Waals surface area contributed by atoms with Crippen LogP contribution in [0.15, 0.2) is 29.2 Å². The Morgan fingerprint density at radius 3 is 2.71 bits per heavy atom. The van der Waals surface area contributed by atoms with E-state index in [1.807, 2.05) is 0 Å². The van der Waals surface area contributed by atoms with Gasteiger partial charge in [0.05, 0.1) is 4.90 Å². The van der Waals surface area contributed by atoms with E-state index < -0.39 is 10.0 Å². The summed E-state index contributed by atoms with van der Waals surface area (Å²) >= 11 is 5.30. The fraction of sp³-hybridized carbons (Fsp3) is 0.500. The van der Waals surface area contributed by atoms with E-state index >= 15 is 0 Å². The minimum atomic E-state index is -3.70. The molecular formula is C14H21N3O2S2. The van der Waals surface area contributed by atoms with Gasteiger partial charge in [-0.25, -0.2) is 13.6 Å². The number of primary sulfonamides is 1. The number of nitrogens with one attached hydrogen (secondary N) is 2. The highest BCUT2D eigenvalue weighted by Gasteiger charge is 2.21. The molecule has 116 valence electrons. The Labute approximate surface area is 131 Å². The van der Waals surface area contributed by atoms with E-state index in [9.17, 15) is 8.42 Å². The van der Waals surface area contributed by atoms with E-state index in [0.717, 1.165) is 6.42 Å². The predicted molar refractivity (Wildman–Crippen MR) is 88.6 cm³/mol. The highest BCUT2D eigenvalue weighted by Crippen LogP contribution is 2.24. The van der Waals surface area contributed by atoms with Gasteiger partial charge in [-0.15, -0.1) is 0 Å². The second kappa shape index (κ2) is 6.72. The van der Waals surface area contributed by atoms with Gasteiger partial charge in [0.2, 0.25) is 10.0 Å². The average Bonchev–Trinajstić information content (AvgIpc) is 2.41. The summed E-state index contributed by atoms with van der Waals surface area (Å²) in [6.45, 7) is 2.22. The first kappa shape index (κ1) is 16.2. The lowest BCUT2D eigenvalue weighted by molar-refractivity contribution is 0.309. The number of nitrogens with two attached hydrogens (primary N) is 1. The lowest BCUT2D eigenvalue weighted by Crippen LogP contribution is -2.43. The highest BCUT2D eigenvalue weighted by atomic mass is 32.2. The Morgan fingerprint density at radius 2 is 2.05 bits per heavy atom. The number of hydrogen-bond donors (Lipinski definition) is 3. The van der Waals surface area contributed by atoms with Crippen molar-refractivity contribution in [1.29, 1.82) is 0 Å². The third-order valence-electron chi connectivity index (χ3n) is 3.85. The van der Waals surface area contributed by atoms with Gasteiger partial charge in [-0.2, -0.15) is 0 Å². The average molecular weight is 327 g/mol. The molecule has 0 unspecified atom stereocenters. The Bertz CT molecular complexity index is 616. The Morgan fingerprint density at radius 1 is 1.33 bits per heavy atom. The van der Waals surface area contributed by atoms with Crippen LogP contribution in [0.3, 0.4) is 0 Å². The number of benzene rings is 1. The van der Waals surface area contributed by atoms with Gasteiger partial charge in [-0.3, -0.25) is 0 Å². The van der Waals surface area contributed by atoms with Crippen molar-refractivity contribution in [2.24, 2.45) is 11.1 Å². The summed E-state index contributed by atoms with van der Waals surface area (Å²) in [4.78, 5) is 0.0707. The summed E-state index contributed by atoms with van der Waals surface area (Å²) in [6.07, 6.45) is 4.81. The van der Waals surface area contributed by atoms with E-state index in [1.54, 1.807) is 12.1 Å². The SMILES string of the molecule is C[C@H]1CCCC[C@H]1NC(=S)Nc1cccc(S(N)(=O)=O)c1. The summed E-state index contributed by atoms with van der Waals surface area (Å²) in [6, 6.07) is 6.70. The summed E-state index contributed by atoms with van der Waals surface area (Å²) in [5.74, 6) is 0.592. The highest BCUT2D eigenvalue weighted by molar-refractivity contribution is 7.89. The molecule has 4 N–H and O–H groups in total. The number of rotatable bonds is 3. The van der Waals surface area contributed by atoms with Crippen molar-refractivity contribution in [3.8, 4) is 0 Å². The molecule has 1 aliphatic carbocycles. The quantitative estimate of drug-likeness (QED) is 0.741. The largest absolute Gasteiger partial charge is 0.359 e. The van der Waals surface area contributed by atoms with Crippen LogP contribution < -0.4 is 15.8 Å². The monoisotopic (exact) mass is 327 g/mol. The zero-order valence-corrected chi connectivity index (χ0v) is 13.6. The van der Waals surface area contributed by atoms with Crippen molar-refractivity contribution >= 4 is 33.0 Å². The molecule has 0 radical (unpaired) electrons. The molecular weight excluding hydrogens is 306 g/mol. The van der Waals surface area contributed by atoms with Crippen LogP contribution in [0.4, 0.5) is 5.69 Å². The standard InChI is InChI=1S/C14H21N3O2S2/c1-10-5-2-3-8-13(10)17-14(20)16-11-6-4-7-12(9-11)21(15,18)19/h4,6-7,9-10,13H,2-3,5,8H2,1H3,(H2,15,18,19)(H2,16,17,20)/t10-,13+/m0/s1. The van der Waals surface area contributed by atoms with Gasteiger partial charge in [0.1, 0.15) is 0 Å². The fourth-order valence-electron chi connectivity index (χ4n) is 2.62. The molecule has 7 heteroatoms. The van der Waals surface area contributed by atoms with Crippen LogP contribution in [-0.2, 0) is 10.0 Å². The number of thiocarbonyl (C=S) groups is 1. The molecule has 0 saturated heterocycles. The Kier molecular flexibility index (Phi) is 5.18. The van der Waals surface area contributed by atoms with Crippen LogP contribution in [0, 0.1) is 5.92 Å². The first-order valence-electron chi connectivity index (χ1n) is 7.06. The van der Waals surface area contributed by atoms with Gasteiger partial charge >= 0.3 is 0 Å². The number of anilines is 1. The smallest absolute Gasteiger partial charge is 0.238 e. The molecule has 1 saturated carbocycles. The molecule has 0 spiro atoms. The second-order valence-corrected chi connectivity index (χ2v) is 7.51. The van der Waals surface area contributed by atoms with E-state index in [-0.39, 0.29) is 4.90 Å². The molecule has 5 nitrogen and oxygen atoms in total. The van der Waals surface area contributed by atoms with Gasteiger partial charge in [0.15, 0.2) is 5.11 Å². The fourth-order valence-corrected chi connectivity index (χ4v) is 3.45. The Balaban J connectivity index is 1.99. The molecule has 21 heavy (non-hydrogen) atoms. The topological polar surface area (TPSA) is 84.2 Å². The van der Waals surface area contributed by atoms with Crippen molar-refractivity contribution in [1.82, 2.24) is 5.32 Å². The molecule has 1 fully saturated rings. The molecule has 0 bridgehead atoms. The molecule has 2 atom stereocenters. The van der Waals surface area contributed by atoms with Gasteiger partial charge < -0.3 is 10.6 Å². The molecule has 1 aromatic rings. The molecule has 0 aromatic heterocycles. The van der Waals surface area contributed by atoms with Crippen molar-refractivity contribution in [3.63, 3.8) is 0 Å². The Hall–Kier alpha value is -1.18. The second-order valence-electron chi connectivity index (χ2n) is 5.54. The summed E-state index contributed by atoms with van der Waals surface area (Å²) in [7, 11) is -3.70. The molecule has 1 aliphatic rings. The maximum Gasteiger partial charge on any atom is 0.238 e. The normalized spacial score (nSPS) is 22.6. The van der Waals surface area contributed by atoms with Crippen LogP contribution >= 0.6 is 12.2 Å². The number of hydrogen-bond acceptors (Lipinski definition) is 3. The van der Waals surface area contributed by atoms with Crippen LogP contribution in [0.1, 0.15) is 32.6 Å². The van der Waals surface area contributed by atoms with Crippen LogP contribution in [0.5, 0.6) is 0 Å². The van der Waals surface area contributed by atoms with Crippen LogP contribution in [0.25, 0.3) is 0 Å². The molecule has 0 heterocycles. The number of sulfonamides is 1. The molecule has 1 aromatic carbocycles. The van der Waals surface area contributed by atoms with Crippen LogP contribution in [-0.4, -0.2) is 19.6 Å². The van der Waals surface area contributed by atoms with E-state index in [0.29, 0.717) is 22.8 Å².